The third kappa shape index (κ3) is 4.90. The molecule has 108 valence electrons. The molecule has 1 fully saturated rings. The fourth-order valence-electron chi connectivity index (χ4n) is 2.14. The summed E-state index contributed by atoms with van der Waals surface area (Å²) in [5.41, 5.74) is -1.09. The predicted molar refractivity (Wildman–Crippen MR) is 71.0 cm³/mol. The Bertz CT molecular complexity index is 325. The molecule has 0 unspecified atom stereocenters. The van der Waals surface area contributed by atoms with E-state index in [-0.39, 0.29) is 0 Å². The number of hydrogen-bond acceptors (Lipinski definition) is 3. The summed E-state index contributed by atoms with van der Waals surface area (Å²) in [6.45, 7) is 4.91. The van der Waals surface area contributed by atoms with Crippen LogP contribution in [0.4, 0.5) is 4.79 Å². The van der Waals surface area contributed by atoms with Crippen LogP contribution in [0.1, 0.15) is 32.1 Å². The summed E-state index contributed by atoms with van der Waals surface area (Å²) in [6.07, 6.45) is 5.18. The van der Waals surface area contributed by atoms with Crippen molar-refractivity contribution in [1.29, 1.82) is 0 Å². The molecule has 0 saturated heterocycles. The van der Waals surface area contributed by atoms with Crippen LogP contribution >= 0.6 is 0 Å². The van der Waals surface area contributed by atoms with Crippen molar-refractivity contribution in [2.75, 3.05) is 19.8 Å². The van der Waals surface area contributed by atoms with E-state index in [9.17, 15) is 14.7 Å². The van der Waals surface area contributed by atoms with E-state index in [0.717, 1.165) is 19.3 Å². The third-order valence-corrected chi connectivity index (χ3v) is 3.22. The highest BCUT2D eigenvalue weighted by Gasteiger charge is 2.42. The van der Waals surface area contributed by atoms with Crippen molar-refractivity contribution < 1.29 is 19.4 Å². The number of hydrogen-bond donors (Lipinski definition) is 3. The first-order chi connectivity index (χ1) is 9.10. The van der Waals surface area contributed by atoms with Crippen LogP contribution in [0.2, 0.25) is 0 Å². The Balaban J connectivity index is 2.22. The van der Waals surface area contributed by atoms with Crippen LogP contribution < -0.4 is 10.6 Å². The van der Waals surface area contributed by atoms with Crippen molar-refractivity contribution >= 4 is 12.0 Å². The molecule has 1 saturated carbocycles. The van der Waals surface area contributed by atoms with Gasteiger partial charge in [0.05, 0.1) is 13.2 Å². The first-order valence-electron chi connectivity index (χ1n) is 6.59. The van der Waals surface area contributed by atoms with E-state index >= 15 is 0 Å². The van der Waals surface area contributed by atoms with Crippen LogP contribution in [-0.2, 0) is 9.53 Å². The van der Waals surface area contributed by atoms with Gasteiger partial charge in [0.2, 0.25) is 0 Å². The molecule has 0 aromatic rings. The van der Waals surface area contributed by atoms with Crippen molar-refractivity contribution in [3.05, 3.63) is 12.7 Å². The standard InChI is InChI=1S/C13H22N2O4/c1-2-3-9-19-10-8-14-12(18)15-13(11(16)17)6-4-5-7-13/h2H,1,3-10H2,(H,16,17)(H2,14,15,18). The van der Waals surface area contributed by atoms with Gasteiger partial charge in [-0.05, 0) is 19.3 Å². The second-order valence-electron chi connectivity index (χ2n) is 4.66. The van der Waals surface area contributed by atoms with Crippen LogP contribution in [0.25, 0.3) is 0 Å². The maximum atomic E-state index is 11.6. The van der Waals surface area contributed by atoms with Gasteiger partial charge in [-0.2, -0.15) is 0 Å². The van der Waals surface area contributed by atoms with Gasteiger partial charge in [0.1, 0.15) is 5.54 Å². The smallest absolute Gasteiger partial charge is 0.329 e. The highest BCUT2D eigenvalue weighted by Crippen LogP contribution is 2.29. The van der Waals surface area contributed by atoms with E-state index in [1.54, 1.807) is 6.08 Å². The molecule has 1 aliphatic rings. The average Bonchev–Trinajstić information content (AvgIpc) is 2.83. The van der Waals surface area contributed by atoms with Gasteiger partial charge in [-0.15, -0.1) is 6.58 Å². The molecule has 0 spiro atoms. The monoisotopic (exact) mass is 270 g/mol. The van der Waals surface area contributed by atoms with Crippen molar-refractivity contribution in [3.8, 4) is 0 Å². The Morgan fingerprint density at radius 3 is 2.58 bits per heavy atom. The van der Waals surface area contributed by atoms with E-state index in [2.05, 4.69) is 17.2 Å². The summed E-state index contributed by atoms with van der Waals surface area (Å²) in [5, 5.41) is 14.4. The summed E-state index contributed by atoms with van der Waals surface area (Å²) < 4.78 is 5.24. The normalized spacial score (nSPS) is 16.8. The lowest BCUT2D eigenvalue weighted by atomic mass is 9.98. The molecule has 0 atom stereocenters. The Hall–Kier alpha value is -1.56. The van der Waals surface area contributed by atoms with Crippen LogP contribution in [-0.4, -0.2) is 42.4 Å². The van der Waals surface area contributed by atoms with Gasteiger partial charge in [0, 0.05) is 6.54 Å². The number of ether oxygens (including phenoxy) is 1. The zero-order valence-electron chi connectivity index (χ0n) is 11.1. The minimum absolute atomic E-state index is 0.360. The number of rotatable bonds is 8. The largest absolute Gasteiger partial charge is 0.480 e. The van der Waals surface area contributed by atoms with E-state index in [0.29, 0.717) is 32.6 Å². The molecule has 6 nitrogen and oxygen atoms in total. The number of carboxylic acid groups (broad SMARTS) is 1. The van der Waals surface area contributed by atoms with Crippen molar-refractivity contribution in [2.45, 2.75) is 37.6 Å². The number of aliphatic carboxylic acids is 1. The van der Waals surface area contributed by atoms with Gasteiger partial charge in [-0.3, -0.25) is 0 Å². The number of urea groups is 1. The second-order valence-corrected chi connectivity index (χ2v) is 4.66. The zero-order valence-corrected chi connectivity index (χ0v) is 11.1. The summed E-state index contributed by atoms with van der Waals surface area (Å²) in [5.74, 6) is -0.956. The SMILES string of the molecule is C=CCCOCCNC(=O)NC1(C(=O)O)CCCC1. The maximum Gasteiger partial charge on any atom is 0.329 e. The molecule has 0 aliphatic heterocycles. The van der Waals surface area contributed by atoms with E-state index < -0.39 is 17.5 Å². The van der Waals surface area contributed by atoms with Crippen molar-refractivity contribution in [3.63, 3.8) is 0 Å². The van der Waals surface area contributed by atoms with Gasteiger partial charge >= 0.3 is 12.0 Å². The molecular weight excluding hydrogens is 248 g/mol. The van der Waals surface area contributed by atoms with Gasteiger partial charge in [-0.25, -0.2) is 9.59 Å². The second kappa shape index (κ2) is 7.78. The highest BCUT2D eigenvalue weighted by molar-refractivity contribution is 5.86. The highest BCUT2D eigenvalue weighted by atomic mass is 16.5. The number of amides is 2. The molecule has 0 radical (unpaired) electrons. The lowest BCUT2D eigenvalue weighted by Gasteiger charge is -2.25. The van der Waals surface area contributed by atoms with Crippen LogP contribution in [0, 0.1) is 0 Å². The number of carbonyl (C=O) groups is 2. The topological polar surface area (TPSA) is 87.7 Å². The fraction of sp³-hybridized carbons (Fsp3) is 0.692. The minimum atomic E-state index is -1.09. The van der Waals surface area contributed by atoms with Gasteiger partial charge in [0.25, 0.3) is 0 Å². The summed E-state index contributed by atoms with van der Waals surface area (Å²) in [7, 11) is 0. The number of carbonyl (C=O) groups excluding carboxylic acids is 1. The quantitative estimate of drug-likeness (QED) is 0.458. The Kier molecular flexibility index (Phi) is 6.35. The molecule has 0 bridgehead atoms. The third-order valence-electron chi connectivity index (χ3n) is 3.22. The Morgan fingerprint density at radius 2 is 2.00 bits per heavy atom. The lowest BCUT2D eigenvalue weighted by molar-refractivity contribution is -0.144. The molecule has 0 heterocycles. The van der Waals surface area contributed by atoms with Crippen LogP contribution in [0.5, 0.6) is 0 Å². The minimum Gasteiger partial charge on any atom is -0.480 e. The predicted octanol–water partition coefficient (Wildman–Crippen LogP) is 1.28. The molecule has 1 rings (SSSR count). The molecule has 3 N–H and O–H groups in total. The van der Waals surface area contributed by atoms with E-state index in [1.165, 1.54) is 0 Å². The number of carboxylic acids is 1. The van der Waals surface area contributed by atoms with Crippen LogP contribution in [0.3, 0.4) is 0 Å². The lowest BCUT2D eigenvalue weighted by Crippen LogP contribution is -2.55. The fourth-order valence-corrected chi connectivity index (χ4v) is 2.14. The molecular formula is C13H22N2O4. The average molecular weight is 270 g/mol. The summed E-state index contributed by atoms with van der Waals surface area (Å²) in [4.78, 5) is 22.9. The van der Waals surface area contributed by atoms with E-state index in [4.69, 9.17) is 4.74 Å². The van der Waals surface area contributed by atoms with Crippen molar-refractivity contribution in [2.24, 2.45) is 0 Å². The Morgan fingerprint density at radius 1 is 1.32 bits per heavy atom. The van der Waals surface area contributed by atoms with Gasteiger partial charge in [-0.1, -0.05) is 18.9 Å². The number of nitrogens with one attached hydrogen (secondary N) is 2. The van der Waals surface area contributed by atoms with Gasteiger partial charge < -0.3 is 20.5 Å². The van der Waals surface area contributed by atoms with E-state index in [1.807, 2.05) is 0 Å². The summed E-state index contributed by atoms with van der Waals surface area (Å²) in [6, 6.07) is -0.448. The molecule has 6 heteroatoms. The first kappa shape index (κ1) is 15.5. The molecule has 0 aromatic carbocycles. The molecule has 19 heavy (non-hydrogen) atoms. The first-order valence-corrected chi connectivity index (χ1v) is 6.59. The van der Waals surface area contributed by atoms with Gasteiger partial charge in [0.15, 0.2) is 0 Å². The zero-order chi connectivity index (χ0) is 14.1. The Labute approximate surface area is 113 Å². The van der Waals surface area contributed by atoms with Crippen molar-refractivity contribution in [1.82, 2.24) is 10.6 Å². The summed E-state index contributed by atoms with van der Waals surface area (Å²) >= 11 is 0. The van der Waals surface area contributed by atoms with Crippen LogP contribution in [0.15, 0.2) is 12.7 Å². The maximum absolute atomic E-state index is 11.6. The molecule has 2 amide bonds. The molecule has 1 aliphatic carbocycles. The molecule has 0 aromatic heterocycles.